The quantitative estimate of drug-likeness (QED) is 0.268. The lowest BCUT2D eigenvalue weighted by molar-refractivity contribution is -0.155. The van der Waals surface area contributed by atoms with E-state index in [0.29, 0.717) is 40.0 Å². The third kappa shape index (κ3) is 5.90. The van der Waals surface area contributed by atoms with E-state index in [9.17, 15) is 14.7 Å². The molecule has 1 aliphatic rings. The van der Waals surface area contributed by atoms with Crippen LogP contribution in [0.25, 0.3) is 0 Å². The zero-order valence-corrected chi connectivity index (χ0v) is 22.6. The molecule has 2 atom stereocenters. The lowest BCUT2D eigenvalue weighted by Crippen LogP contribution is -2.51. The monoisotopic (exact) mass is 557 g/mol. The van der Waals surface area contributed by atoms with E-state index >= 15 is 0 Å². The molecule has 5 rings (SSSR count). The van der Waals surface area contributed by atoms with E-state index in [1.54, 1.807) is 49.6 Å². The van der Waals surface area contributed by atoms with Gasteiger partial charge in [-0.1, -0.05) is 78.3 Å². The summed E-state index contributed by atoms with van der Waals surface area (Å²) in [6.07, 6.45) is -1.00. The van der Waals surface area contributed by atoms with Gasteiger partial charge in [-0.3, -0.25) is 4.79 Å². The second kappa shape index (κ2) is 12.1. The largest absolute Gasteiger partial charge is 0.493 e. The van der Waals surface area contributed by atoms with Gasteiger partial charge in [0.25, 0.3) is 5.91 Å². The number of fused-ring (bicyclic) bond motifs is 1. The van der Waals surface area contributed by atoms with E-state index in [1.165, 1.54) is 4.90 Å². The summed E-state index contributed by atoms with van der Waals surface area (Å²) in [4.78, 5) is 28.0. The van der Waals surface area contributed by atoms with E-state index in [-0.39, 0.29) is 13.0 Å². The van der Waals surface area contributed by atoms with Gasteiger partial charge >= 0.3 is 5.97 Å². The number of benzene rings is 4. The van der Waals surface area contributed by atoms with E-state index < -0.39 is 24.0 Å². The van der Waals surface area contributed by atoms with Crippen LogP contribution in [0.15, 0.2) is 97.1 Å². The predicted octanol–water partition coefficient (Wildman–Crippen LogP) is 6.09. The number of amides is 1. The third-order valence-electron chi connectivity index (χ3n) is 6.84. The number of carbonyl (C=O) groups excluding carboxylic acids is 1. The molecule has 1 heterocycles. The van der Waals surface area contributed by atoms with Gasteiger partial charge in [-0.15, -0.1) is 0 Å². The molecule has 1 amide bonds. The second-order valence-corrected chi connectivity index (χ2v) is 9.83. The lowest BCUT2D eigenvalue weighted by Gasteiger charge is -2.37. The number of halogens is 1. The zero-order valence-electron chi connectivity index (χ0n) is 21.8. The van der Waals surface area contributed by atoms with Gasteiger partial charge in [0.15, 0.2) is 11.5 Å². The maximum Gasteiger partial charge on any atom is 0.326 e. The van der Waals surface area contributed by atoms with Crippen LogP contribution in [0.1, 0.15) is 28.4 Å². The summed E-state index contributed by atoms with van der Waals surface area (Å²) < 4.78 is 17.9. The van der Waals surface area contributed by atoms with Crippen molar-refractivity contribution in [3.63, 3.8) is 0 Å². The standard InChI is InChI=1S/C32H28ClNO6/c1-38-28-17-12-23-19-34(27(32(36)37)18-26(23)30(28)39-20-21-8-4-2-5-9-21)31(35)29(22-10-6-3-7-11-22)40-25-15-13-24(33)14-16-25/h2-17,27,29H,18-20H2,1H3,(H,36,37)/t27-,29+/m0/s1. The first-order valence-corrected chi connectivity index (χ1v) is 13.2. The number of hydrogen-bond donors (Lipinski definition) is 1. The Bertz CT molecular complexity index is 1480. The van der Waals surface area contributed by atoms with Crippen molar-refractivity contribution in [3.8, 4) is 17.2 Å². The Morgan fingerprint density at radius 1 is 0.950 bits per heavy atom. The van der Waals surface area contributed by atoms with Crippen LogP contribution < -0.4 is 14.2 Å². The van der Waals surface area contributed by atoms with Crippen molar-refractivity contribution >= 4 is 23.5 Å². The molecule has 1 N–H and O–H groups in total. The average molecular weight is 558 g/mol. The topological polar surface area (TPSA) is 85.3 Å². The van der Waals surface area contributed by atoms with Gasteiger partial charge in [-0.05, 0) is 41.5 Å². The second-order valence-electron chi connectivity index (χ2n) is 9.40. The van der Waals surface area contributed by atoms with Crippen molar-refractivity contribution in [2.75, 3.05) is 7.11 Å². The van der Waals surface area contributed by atoms with Gasteiger partial charge in [-0.2, -0.15) is 0 Å². The molecule has 7 nitrogen and oxygen atoms in total. The molecule has 0 radical (unpaired) electrons. The minimum Gasteiger partial charge on any atom is -0.493 e. The fourth-order valence-electron chi connectivity index (χ4n) is 4.81. The highest BCUT2D eigenvalue weighted by Gasteiger charge is 2.40. The van der Waals surface area contributed by atoms with Gasteiger partial charge in [0.05, 0.1) is 7.11 Å². The summed E-state index contributed by atoms with van der Waals surface area (Å²) >= 11 is 6.03. The Kier molecular flexibility index (Phi) is 8.22. The number of carbonyl (C=O) groups is 2. The Labute approximate surface area is 237 Å². The highest BCUT2D eigenvalue weighted by molar-refractivity contribution is 6.30. The van der Waals surface area contributed by atoms with Crippen LogP contribution in [0.3, 0.4) is 0 Å². The zero-order chi connectivity index (χ0) is 28.1. The minimum absolute atomic E-state index is 0.0557. The molecule has 0 saturated heterocycles. The highest BCUT2D eigenvalue weighted by Crippen LogP contribution is 2.40. The minimum atomic E-state index is -1.13. The molecule has 8 heteroatoms. The summed E-state index contributed by atoms with van der Waals surface area (Å²) in [6.45, 7) is 0.364. The average Bonchev–Trinajstić information content (AvgIpc) is 2.99. The van der Waals surface area contributed by atoms with E-state index in [4.69, 9.17) is 25.8 Å². The van der Waals surface area contributed by atoms with Crippen molar-refractivity contribution in [2.45, 2.75) is 31.7 Å². The molecule has 0 spiro atoms. The summed E-state index contributed by atoms with van der Waals surface area (Å²) in [5.41, 5.74) is 3.07. The molecule has 4 aromatic rings. The number of ether oxygens (including phenoxy) is 3. The lowest BCUT2D eigenvalue weighted by atomic mass is 9.91. The molecule has 0 aromatic heterocycles. The normalized spacial score (nSPS) is 15.1. The molecular weight excluding hydrogens is 530 g/mol. The van der Waals surface area contributed by atoms with Crippen LogP contribution in [-0.4, -0.2) is 35.0 Å². The van der Waals surface area contributed by atoms with Crippen molar-refractivity contribution in [1.29, 1.82) is 0 Å². The summed E-state index contributed by atoms with van der Waals surface area (Å²) in [7, 11) is 1.54. The molecular formula is C32H28ClNO6. The molecule has 0 aliphatic carbocycles. The first-order valence-electron chi connectivity index (χ1n) is 12.8. The number of carboxylic acid groups (broad SMARTS) is 1. The van der Waals surface area contributed by atoms with E-state index in [2.05, 4.69) is 0 Å². The van der Waals surface area contributed by atoms with Gasteiger partial charge in [0.1, 0.15) is 18.4 Å². The maximum atomic E-state index is 14.1. The smallest absolute Gasteiger partial charge is 0.326 e. The van der Waals surface area contributed by atoms with Gasteiger partial charge in [0, 0.05) is 29.1 Å². The van der Waals surface area contributed by atoms with Crippen LogP contribution in [0.4, 0.5) is 0 Å². The van der Waals surface area contributed by atoms with E-state index in [1.807, 2.05) is 54.6 Å². The third-order valence-corrected chi connectivity index (χ3v) is 7.10. The van der Waals surface area contributed by atoms with Gasteiger partial charge in [0.2, 0.25) is 6.10 Å². The summed E-state index contributed by atoms with van der Waals surface area (Å²) in [5.74, 6) is -0.140. The van der Waals surface area contributed by atoms with Crippen LogP contribution in [-0.2, 0) is 29.2 Å². The number of carboxylic acids is 1. The number of rotatable bonds is 9. The molecule has 40 heavy (non-hydrogen) atoms. The molecule has 1 aliphatic heterocycles. The first-order chi connectivity index (χ1) is 19.4. The van der Waals surface area contributed by atoms with E-state index in [0.717, 1.165) is 11.1 Å². The van der Waals surface area contributed by atoms with Crippen LogP contribution >= 0.6 is 11.6 Å². The van der Waals surface area contributed by atoms with Crippen molar-refractivity contribution in [2.24, 2.45) is 0 Å². The van der Waals surface area contributed by atoms with Gasteiger partial charge < -0.3 is 24.2 Å². The fourth-order valence-corrected chi connectivity index (χ4v) is 4.93. The summed E-state index contributed by atoms with van der Waals surface area (Å²) in [6, 6.07) is 27.9. The Morgan fingerprint density at radius 3 is 2.27 bits per heavy atom. The number of aliphatic carboxylic acids is 1. The van der Waals surface area contributed by atoms with Gasteiger partial charge in [-0.25, -0.2) is 4.79 Å². The molecule has 0 unspecified atom stereocenters. The molecule has 0 fully saturated rings. The molecule has 204 valence electrons. The maximum absolute atomic E-state index is 14.1. The Morgan fingerprint density at radius 2 is 1.62 bits per heavy atom. The molecule has 0 bridgehead atoms. The van der Waals surface area contributed by atoms with Crippen molar-refractivity contribution in [3.05, 3.63) is 124 Å². The van der Waals surface area contributed by atoms with Crippen molar-refractivity contribution < 1.29 is 28.9 Å². The molecule has 4 aromatic carbocycles. The highest BCUT2D eigenvalue weighted by atomic mass is 35.5. The van der Waals surface area contributed by atoms with Crippen LogP contribution in [0.5, 0.6) is 17.2 Å². The Hall–Kier alpha value is -4.49. The fraction of sp³-hybridized carbons (Fsp3) is 0.188. The summed E-state index contributed by atoms with van der Waals surface area (Å²) in [5, 5.41) is 10.8. The molecule has 0 saturated carbocycles. The van der Waals surface area contributed by atoms with Crippen molar-refractivity contribution in [1.82, 2.24) is 4.90 Å². The first kappa shape index (κ1) is 27.1. The number of hydrogen-bond acceptors (Lipinski definition) is 5. The van der Waals surface area contributed by atoms with Crippen LogP contribution in [0.2, 0.25) is 5.02 Å². The Balaban J connectivity index is 1.48. The SMILES string of the molecule is COc1ccc2c(c1OCc1ccccc1)C[C@@H](C(=O)O)N(C(=O)[C@H](Oc1ccc(Cl)cc1)c1ccccc1)C2. The van der Waals surface area contributed by atoms with Crippen LogP contribution in [0, 0.1) is 0 Å². The number of methoxy groups -OCH3 is 1. The predicted molar refractivity (Wildman–Crippen MR) is 151 cm³/mol. The number of nitrogens with zero attached hydrogens (tertiary/aromatic N) is 1.